The number of nitrogens with one attached hydrogen (secondary N) is 1. The van der Waals surface area contributed by atoms with Crippen molar-refractivity contribution >= 4 is 23.0 Å². The lowest BCUT2D eigenvalue weighted by molar-refractivity contribution is -0.148. The van der Waals surface area contributed by atoms with E-state index < -0.39 is 0 Å². The standard InChI is InChI=1S/C19H24N2O4/c1-12-11-21(9-8-15(12)18(22)24-3)19(23)20-13(2)17-10-14-6-4-5-7-16(14)25-17/h4-7,10,12-13,15H,8-9,11H2,1-3H3,(H,20,23)/t12-,13+,15-/m1/s1. The minimum Gasteiger partial charge on any atom is -0.469 e. The summed E-state index contributed by atoms with van der Waals surface area (Å²) in [5.74, 6) is 0.477. The van der Waals surface area contributed by atoms with Gasteiger partial charge < -0.3 is 19.4 Å². The minimum atomic E-state index is -0.228. The SMILES string of the molecule is COC(=O)[C@@H]1CCN(C(=O)N[C@@H](C)c2cc3ccccc3o2)C[C@H]1C. The fourth-order valence-corrected chi connectivity index (χ4v) is 3.40. The number of benzene rings is 1. The molecule has 1 aromatic carbocycles. The molecule has 1 aliphatic rings. The van der Waals surface area contributed by atoms with Crippen molar-refractivity contribution in [2.75, 3.05) is 20.2 Å². The number of piperidine rings is 1. The fraction of sp³-hybridized carbons (Fsp3) is 0.474. The molecule has 0 saturated carbocycles. The van der Waals surface area contributed by atoms with Crippen LogP contribution in [0.5, 0.6) is 0 Å². The minimum absolute atomic E-state index is 0.0773. The number of esters is 1. The average molecular weight is 344 g/mol. The Balaban J connectivity index is 1.61. The molecule has 6 nitrogen and oxygen atoms in total. The zero-order valence-electron chi connectivity index (χ0n) is 14.8. The van der Waals surface area contributed by atoms with Crippen molar-refractivity contribution in [2.24, 2.45) is 11.8 Å². The molecular formula is C19H24N2O4. The number of hydrogen-bond acceptors (Lipinski definition) is 4. The molecule has 1 aromatic heterocycles. The van der Waals surface area contributed by atoms with E-state index in [1.807, 2.05) is 44.2 Å². The number of urea groups is 1. The molecule has 0 aliphatic carbocycles. The van der Waals surface area contributed by atoms with Gasteiger partial charge in [0.15, 0.2) is 0 Å². The highest BCUT2D eigenvalue weighted by Crippen LogP contribution is 2.26. The summed E-state index contributed by atoms with van der Waals surface area (Å²) < 4.78 is 10.6. The normalized spacial score (nSPS) is 21.8. The molecule has 1 saturated heterocycles. The maximum Gasteiger partial charge on any atom is 0.317 e. The number of hydrogen-bond donors (Lipinski definition) is 1. The molecule has 2 amide bonds. The Kier molecular flexibility index (Phi) is 4.97. The highest BCUT2D eigenvalue weighted by Gasteiger charge is 2.34. The van der Waals surface area contributed by atoms with Crippen LogP contribution in [0.4, 0.5) is 4.79 Å². The summed E-state index contributed by atoms with van der Waals surface area (Å²) in [5, 5.41) is 4.00. The largest absolute Gasteiger partial charge is 0.469 e. The second-order valence-corrected chi connectivity index (χ2v) is 6.70. The number of carbonyl (C=O) groups is 2. The van der Waals surface area contributed by atoms with E-state index in [0.717, 1.165) is 16.7 Å². The molecule has 25 heavy (non-hydrogen) atoms. The first-order chi connectivity index (χ1) is 12.0. The Bertz CT molecular complexity index is 737. The number of methoxy groups -OCH3 is 1. The van der Waals surface area contributed by atoms with Gasteiger partial charge in [-0.1, -0.05) is 25.1 Å². The average Bonchev–Trinajstić information content (AvgIpc) is 3.05. The smallest absolute Gasteiger partial charge is 0.317 e. The molecule has 0 unspecified atom stereocenters. The molecule has 3 atom stereocenters. The van der Waals surface area contributed by atoms with Crippen molar-refractivity contribution in [1.82, 2.24) is 10.2 Å². The Hall–Kier alpha value is -2.50. The first-order valence-corrected chi connectivity index (χ1v) is 8.61. The Morgan fingerprint density at radius 2 is 2.12 bits per heavy atom. The van der Waals surface area contributed by atoms with Gasteiger partial charge in [-0.3, -0.25) is 4.79 Å². The number of likely N-dealkylation sites (tertiary alicyclic amines) is 1. The Morgan fingerprint density at radius 3 is 2.80 bits per heavy atom. The van der Waals surface area contributed by atoms with Gasteiger partial charge in [0.05, 0.1) is 19.1 Å². The maximum atomic E-state index is 12.5. The molecule has 2 aromatic rings. The zero-order chi connectivity index (χ0) is 18.0. The first-order valence-electron chi connectivity index (χ1n) is 8.61. The monoisotopic (exact) mass is 344 g/mol. The van der Waals surface area contributed by atoms with E-state index in [9.17, 15) is 9.59 Å². The molecule has 0 bridgehead atoms. The lowest BCUT2D eigenvalue weighted by Crippen LogP contribution is -2.49. The summed E-state index contributed by atoms with van der Waals surface area (Å²) >= 11 is 0. The first kappa shape index (κ1) is 17.3. The van der Waals surface area contributed by atoms with Gasteiger partial charge in [0.25, 0.3) is 0 Å². The highest BCUT2D eigenvalue weighted by atomic mass is 16.5. The molecular weight excluding hydrogens is 320 g/mol. The number of nitrogens with zero attached hydrogens (tertiary/aromatic N) is 1. The third-order valence-corrected chi connectivity index (χ3v) is 4.91. The van der Waals surface area contributed by atoms with Crippen LogP contribution in [0.2, 0.25) is 0 Å². The third kappa shape index (κ3) is 3.62. The van der Waals surface area contributed by atoms with Crippen LogP contribution in [0.15, 0.2) is 34.7 Å². The molecule has 1 fully saturated rings. The van der Waals surface area contributed by atoms with Crippen molar-refractivity contribution < 1.29 is 18.7 Å². The van der Waals surface area contributed by atoms with Crippen LogP contribution in [0, 0.1) is 11.8 Å². The van der Waals surface area contributed by atoms with Gasteiger partial charge in [-0.15, -0.1) is 0 Å². The molecule has 1 aliphatic heterocycles. The van der Waals surface area contributed by atoms with Crippen molar-refractivity contribution in [3.05, 3.63) is 36.1 Å². The van der Waals surface area contributed by atoms with Gasteiger partial charge in [0.2, 0.25) is 0 Å². The number of rotatable bonds is 3. The van der Waals surface area contributed by atoms with Gasteiger partial charge in [0.1, 0.15) is 11.3 Å². The van der Waals surface area contributed by atoms with E-state index in [0.29, 0.717) is 19.5 Å². The van der Waals surface area contributed by atoms with Gasteiger partial charge in [-0.25, -0.2) is 4.79 Å². The van der Waals surface area contributed by atoms with Crippen LogP contribution in [-0.2, 0) is 9.53 Å². The van der Waals surface area contributed by atoms with E-state index in [-0.39, 0.29) is 29.9 Å². The number of furan rings is 1. The summed E-state index contributed by atoms with van der Waals surface area (Å²) in [7, 11) is 1.41. The van der Waals surface area contributed by atoms with Crippen LogP contribution in [0.1, 0.15) is 32.1 Å². The summed E-state index contributed by atoms with van der Waals surface area (Å²) in [6.07, 6.45) is 0.625. The van der Waals surface area contributed by atoms with Gasteiger partial charge >= 0.3 is 12.0 Å². The fourth-order valence-electron chi connectivity index (χ4n) is 3.40. The van der Waals surface area contributed by atoms with Crippen LogP contribution in [-0.4, -0.2) is 37.1 Å². The van der Waals surface area contributed by atoms with Crippen LogP contribution < -0.4 is 5.32 Å². The number of para-hydroxylation sites is 1. The summed E-state index contributed by atoms with van der Waals surface area (Å²) in [4.78, 5) is 26.0. The zero-order valence-corrected chi connectivity index (χ0v) is 14.8. The number of carbonyl (C=O) groups excluding carboxylic acids is 2. The molecule has 0 spiro atoms. The van der Waals surface area contributed by atoms with Crippen LogP contribution in [0.25, 0.3) is 11.0 Å². The number of amides is 2. The van der Waals surface area contributed by atoms with Crippen molar-refractivity contribution in [1.29, 1.82) is 0 Å². The van der Waals surface area contributed by atoms with E-state index in [2.05, 4.69) is 5.32 Å². The number of fused-ring (bicyclic) bond motifs is 1. The lowest BCUT2D eigenvalue weighted by atomic mass is 9.87. The predicted molar refractivity (Wildman–Crippen MR) is 94.0 cm³/mol. The predicted octanol–water partition coefficient (Wildman–Crippen LogP) is 3.33. The van der Waals surface area contributed by atoms with Gasteiger partial charge in [-0.05, 0) is 31.4 Å². The van der Waals surface area contributed by atoms with E-state index >= 15 is 0 Å². The topological polar surface area (TPSA) is 71.8 Å². The molecule has 3 rings (SSSR count). The van der Waals surface area contributed by atoms with Crippen molar-refractivity contribution in [3.8, 4) is 0 Å². The lowest BCUT2D eigenvalue weighted by Gasteiger charge is -2.35. The summed E-state index contributed by atoms with van der Waals surface area (Å²) in [6, 6.07) is 9.36. The quantitative estimate of drug-likeness (QED) is 0.867. The second kappa shape index (κ2) is 7.17. The van der Waals surface area contributed by atoms with Crippen molar-refractivity contribution in [2.45, 2.75) is 26.3 Å². The number of ether oxygens (including phenoxy) is 1. The maximum absolute atomic E-state index is 12.5. The molecule has 134 valence electrons. The molecule has 6 heteroatoms. The summed E-state index contributed by atoms with van der Waals surface area (Å²) in [6.45, 7) is 4.96. The van der Waals surface area contributed by atoms with Gasteiger partial charge in [0, 0.05) is 18.5 Å². The van der Waals surface area contributed by atoms with Gasteiger partial charge in [-0.2, -0.15) is 0 Å². The molecule has 1 N–H and O–H groups in total. The van der Waals surface area contributed by atoms with Crippen molar-refractivity contribution in [3.63, 3.8) is 0 Å². The summed E-state index contributed by atoms with van der Waals surface area (Å²) in [5.41, 5.74) is 0.811. The third-order valence-electron chi connectivity index (χ3n) is 4.91. The van der Waals surface area contributed by atoms with E-state index in [1.54, 1.807) is 4.90 Å². The Labute approximate surface area is 147 Å². The van der Waals surface area contributed by atoms with Crippen LogP contribution >= 0.6 is 0 Å². The second-order valence-electron chi connectivity index (χ2n) is 6.70. The van der Waals surface area contributed by atoms with E-state index in [4.69, 9.17) is 9.15 Å². The molecule has 2 heterocycles. The van der Waals surface area contributed by atoms with E-state index in [1.165, 1.54) is 7.11 Å². The highest BCUT2D eigenvalue weighted by molar-refractivity contribution is 5.79. The molecule has 0 radical (unpaired) electrons. The van der Waals surface area contributed by atoms with Crippen LogP contribution in [0.3, 0.4) is 0 Å². The Morgan fingerprint density at radius 1 is 1.36 bits per heavy atom.